The molecule has 92 heavy (non-hydrogen) atoms. The molecule has 0 spiro atoms. The highest BCUT2D eigenvalue weighted by Gasteiger charge is 2.45. The van der Waals surface area contributed by atoms with Crippen LogP contribution in [0.25, 0.3) is 0 Å². The topological polar surface area (TPSA) is 313 Å². The summed E-state index contributed by atoms with van der Waals surface area (Å²) in [7, 11) is 9.87. The number of hydrogen-bond acceptors (Lipinski definition) is 13. The molecule has 0 aliphatic rings. The second kappa shape index (κ2) is 38.9. The van der Waals surface area contributed by atoms with Crippen molar-refractivity contribution in [3.05, 3.63) is 48.0 Å². The number of aliphatic carboxylic acids is 1. The van der Waals surface area contributed by atoms with E-state index in [0.717, 1.165) is 14.7 Å². The van der Waals surface area contributed by atoms with Crippen LogP contribution in [0.4, 0.5) is 0 Å². The standard InChI is InChI=1S/C68H117N11O13/c1-24-26-30-45(15)58(81)57(61(84)71-48(25-2)63(86)73(17)38-54(80)74(18)53(68(91)92)36-42(9)10)79(23)67(90)56(44(13)14)78(22)65(88)52(35-41(7)8)77(21)64(87)51(34-40(5)6)76(20)62(85)46(16)70-59(82)49(37-47-31-28-27-29-32-47)72-60(83)50(33-39(3)4)75(19)66(89)55(69)43(11)12/h24,26-29,31-32,39-46,48-53,55-58,81H,25,30,33-38,69H2,1-23H3,(H,70,82)(H,71,84)(H,72,83)(H,91,92)/b26-24+/t45-,46-,48+,49+,50+,51+,52+,53+,55+,56+,57+,58-/m1/s1. The summed E-state index contributed by atoms with van der Waals surface area (Å²) in [6, 6.07) is -3.00. The van der Waals surface area contributed by atoms with Gasteiger partial charge in [0.15, 0.2) is 0 Å². The molecule has 0 bridgehead atoms. The Morgan fingerprint density at radius 2 is 0.946 bits per heavy atom. The number of aliphatic hydroxyl groups is 1. The van der Waals surface area contributed by atoms with Gasteiger partial charge in [0.1, 0.15) is 54.4 Å². The summed E-state index contributed by atoms with van der Waals surface area (Å²) in [5.74, 6) is -9.61. The highest BCUT2D eigenvalue weighted by atomic mass is 16.4. The van der Waals surface area contributed by atoms with Crippen LogP contribution in [-0.4, -0.2) is 232 Å². The molecule has 1 aromatic rings. The number of nitrogens with two attached hydrogens (primary N) is 1. The van der Waals surface area contributed by atoms with Crippen LogP contribution in [0.1, 0.15) is 155 Å². The van der Waals surface area contributed by atoms with Crippen molar-refractivity contribution in [2.75, 3.05) is 55.9 Å². The number of nitrogens with zero attached hydrogens (tertiary/aromatic N) is 7. The molecule has 24 heteroatoms. The fourth-order valence-electron chi connectivity index (χ4n) is 11.1. The highest BCUT2D eigenvalue weighted by molar-refractivity contribution is 5.99. The van der Waals surface area contributed by atoms with Crippen molar-refractivity contribution < 1.29 is 63.0 Å². The summed E-state index contributed by atoms with van der Waals surface area (Å²) >= 11 is 0. The van der Waals surface area contributed by atoms with Gasteiger partial charge in [0.25, 0.3) is 0 Å². The molecule has 0 aromatic heterocycles. The first-order valence-electron chi connectivity index (χ1n) is 32.7. The van der Waals surface area contributed by atoms with Crippen LogP contribution in [-0.2, 0) is 59.2 Å². The number of carbonyl (C=O) groups excluding carboxylic acids is 10. The van der Waals surface area contributed by atoms with E-state index in [1.807, 2.05) is 75.3 Å². The minimum Gasteiger partial charge on any atom is -0.480 e. The van der Waals surface area contributed by atoms with Crippen molar-refractivity contribution >= 4 is 65.0 Å². The number of aliphatic hydroxyl groups excluding tert-OH is 1. The predicted molar refractivity (Wildman–Crippen MR) is 357 cm³/mol. The minimum absolute atomic E-state index is 0.0285. The molecular weight excluding hydrogens is 1180 g/mol. The number of carboxylic acids is 1. The molecule has 0 saturated carbocycles. The van der Waals surface area contributed by atoms with Crippen molar-refractivity contribution in [1.29, 1.82) is 0 Å². The number of hydrogen-bond donors (Lipinski definition) is 6. The molecule has 1 rings (SSSR count). The van der Waals surface area contributed by atoms with Gasteiger partial charge in [0.05, 0.1) is 18.7 Å². The number of rotatable bonds is 38. The fourth-order valence-corrected chi connectivity index (χ4v) is 11.1. The smallest absolute Gasteiger partial charge is 0.326 e. The Labute approximate surface area is 549 Å². The third-order valence-corrected chi connectivity index (χ3v) is 17.0. The zero-order chi connectivity index (χ0) is 71.1. The average Bonchev–Trinajstić information content (AvgIpc) is 0.913. The summed E-state index contributed by atoms with van der Waals surface area (Å²) in [6.45, 7) is 28.1. The molecule has 7 N–H and O–H groups in total. The molecule has 0 saturated heterocycles. The van der Waals surface area contributed by atoms with Crippen LogP contribution in [0.3, 0.4) is 0 Å². The Hall–Kier alpha value is -6.95. The van der Waals surface area contributed by atoms with Crippen LogP contribution < -0.4 is 21.7 Å². The number of benzene rings is 1. The van der Waals surface area contributed by atoms with Gasteiger partial charge in [-0.1, -0.05) is 139 Å². The minimum atomic E-state index is -1.62. The zero-order valence-corrected chi connectivity index (χ0v) is 59.7. The Kier molecular flexibility index (Phi) is 35.1. The van der Waals surface area contributed by atoms with Crippen LogP contribution >= 0.6 is 0 Å². The highest BCUT2D eigenvalue weighted by Crippen LogP contribution is 2.26. The lowest BCUT2D eigenvalue weighted by Crippen LogP contribution is -2.63. The molecule has 0 unspecified atom stereocenters. The molecular formula is C68H117N11O13. The molecule has 12 atom stereocenters. The van der Waals surface area contributed by atoms with Crippen molar-refractivity contribution in [3.8, 4) is 0 Å². The van der Waals surface area contributed by atoms with Gasteiger partial charge in [-0.25, -0.2) is 4.79 Å². The Balaban J connectivity index is 3.76. The molecule has 0 radical (unpaired) electrons. The molecule has 0 heterocycles. The van der Waals surface area contributed by atoms with E-state index in [1.165, 1.54) is 75.9 Å². The lowest BCUT2D eigenvalue weighted by Gasteiger charge is -2.41. The maximum absolute atomic E-state index is 15.2. The largest absolute Gasteiger partial charge is 0.480 e. The van der Waals surface area contributed by atoms with Crippen LogP contribution in [0, 0.1) is 41.4 Å². The Morgan fingerprint density at radius 3 is 1.40 bits per heavy atom. The molecule has 10 amide bonds. The van der Waals surface area contributed by atoms with E-state index < -0.39 is 150 Å². The van der Waals surface area contributed by atoms with E-state index >= 15 is 14.4 Å². The molecule has 24 nitrogen and oxygen atoms in total. The third-order valence-electron chi connectivity index (χ3n) is 17.0. The fraction of sp³-hybridized carbons (Fsp3) is 0.721. The quantitative estimate of drug-likeness (QED) is 0.0500. The lowest BCUT2D eigenvalue weighted by atomic mass is 9.91. The first-order chi connectivity index (χ1) is 42.6. The number of nitrogens with one attached hydrogen (secondary N) is 3. The van der Waals surface area contributed by atoms with Crippen molar-refractivity contribution in [1.82, 2.24) is 50.2 Å². The summed E-state index contributed by atoms with van der Waals surface area (Å²) in [5, 5.41) is 30.3. The second-order valence-corrected chi connectivity index (χ2v) is 27.5. The normalized spacial score (nSPS) is 15.7. The molecule has 0 aliphatic heterocycles. The molecule has 1 aromatic carbocycles. The Morgan fingerprint density at radius 1 is 0.500 bits per heavy atom. The summed E-state index contributed by atoms with van der Waals surface area (Å²) < 4.78 is 0. The predicted octanol–water partition coefficient (Wildman–Crippen LogP) is 4.41. The Bertz CT molecular complexity index is 2630. The van der Waals surface area contributed by atoms with Crippen molar-refractivity contribution in [2.45, 2.75) is 222 Å². The summed E-state index contributed by atoms with van der Waals surface area (Å²) in [4.78, 5) is 165. The van der Waals surface area contributed by atoms with Gasteiger partial charge in [-0.05, 0) is 99.4 Å². The van der Waals surface area contributed by atoms with Gasteiger partial charge in [-0.3, -0.25) is 47.9 Å². The number of allylic oxidation sites excluding steroid dienone is 2. The second-order valence-electron chi connectivity index (χ2n) is 27.5. The summed E-state index contributed by atoms with van der Waals surface area (Å²) in [5.41, 5.74) is 6.95. The number of carbonyl (C=O) groups is 11. The van der Waals surface area contributed by atoms with E-state index in [0.29, 0.717) is 12.0 Å². The first-order valence-corrected chi connectivity index (χ1v) is 32.7. The monoisotopic (exact) mass is 1300 g/mol. The van der Waals surface area contributed by atoms with Crippen molar-refractivity contribution in [3.63, 3.8) is 0 Å². The van der Waals surface area contributed by atoms with Gasteiger partial charge >= 0.3 is 5.97 Å². The van der Waals surface area contributed by atoms with E-state index in [4.69, 9.17) is 5.73 Å². The molecule has 0 fully saturated rings. The van der Waals surface area contributed by atoms with Gasteiger partial charge in [0.2, 0.25) is 59.1 Å². The van der Waals surface area contributed by atoms with E-state index in [2.05, 4.69) is 16.0 Å². The third kappa shape index (κ3) is 24.5. The van der Waals surface area contributed by atoms with Crippen molar-refractivity contribution in [2.24, 2.45) is 47.2 Å². The van der Waals surface area contributed by atoms with Gasteiger partial charge < -0.3 is 66.2 Å². The lowest BCUT2D eigenvalue weighted by molar-refractivity contribution is -0.157. The number of carboxylic acid groups (broad SMARTS) is 1. The molecule has 522 valence electrons. The van der Waals surface area contributed by atoms with Crippen LogP contribution in [0.15, 0.2) is 42.5 Å². The van der Waals surface area contributed by atoms with Crippen LogP contribution in [0.2, 0.25) is 0 Å². The average molecular weight is 1300 g/mol. The van der Waals surface area contributed by atoms with E-state index in [1.54, 1.807) is 71.0 Å². The molecule has 0 aliphatic carbocycles. The number of amides is 10. The SMILES string of the molecule is C/C=C/C[C@@H](C)[C@@H](O)[C@@H](C(=O)N[C@@H](CC)C(=O)N(C)CC(=O)N(C)[C@@H](CC(C)C)C(=O)O)N(C)C(=O)[C@H](C(C)C)N(C)C(=O)[C@H](CC(C)C)N(C)C(=O)[C@H](CC(C)C)N(C)C(=O)[C@@H](C)NC(=O)[C@H](Cc1ccccc1)NC(=O)[C@H](CC(C)C)N(C)C(=O)[C@@H](N)C(C)C. The van der Waals surface area contributed by atoms with E-state index in [-0.39, 0.29) is 68.1 Å². The maximum atomic E-state index is 15.2. The zero-order valence-electron chi connectivity index (χ0n) is 59.7. The van der Waals surface area contributed by atoms with Gasteiger partial charge in [0, 0.05) is 55.8 Å². The summed E-state index contributed by atoms with van der Waals surface area (Å²) in [6.07, 6.45) is 3.12. The first kappa shape index (κ1) is 83.1. The van der Waals surface area contributed by atoms with E-state index in [9.17, 15) is 48.6 Å². The van der Waals surface area contributed by atoms with Gasteiger partial charge in [-0.15, -0.1) is 0 Å². The van der Waals surface area contributed by atoms with Crippen LogP contribution in [0.5, 0.6) is 0 Å². The number of likely N-dealkylation sites (N-methyl/N-ethyl adjacent to an activating group) is 7. The van der Waals surface area contributed by atoms with Gasteiger partial charge in [-0.2, -0.15) is 0 Å². The maximum Gasteiger partial charge on any atom is 0.326 e.